The minimum absolute atomic E-state index is 0. The van der Waals surface area contributed by atoms with Gasteiger partial charge in [-0.1, -0.05) is 200 Å². The number of phenols is 3. The number of phenolic OH excluding ortho intramolecular Hbond substituents is 3. The topological polar surface area (TPSA) is 217 Å². The summed E-state index contributed by atoms with van der Waals surface area (Å²) in [5.41, 5.74) is 3.52. The van der Waals surface area contributed by atoms with E-state index in [1.165, 1.54) is 77.0 Å². The number of ether oxygens (including phenoxy) is 6. The van der Waals surface area contributed by atoms with Crippen LogP contribution in [-0.4, -0.2) is 100 Å². The Bertz CT molecular complexity index is 3630. The number of fused-ring (bicyclic) bond motifs is 6. The molecule has 6 aliphatic heterocycles. The molecule has 17 heteroatoms. The monoisotopic (exact) mass is 1510 g/mol. The first-order valence-corrected chi connectivity index (χ1v) is 33.9. The average Bonchev–Trinajstić information content (AvgIpc) is 1.67. The van der Waals surface area contributed by atoms with Crippen LogP contribution in [0.25, 0.3) is 98.0 Å². The summed E-state index contributed by atoms with van der Waals surface area (Å²) in [6.45, 7) is 12.0. The molecule has 0 amide bonds. The van der Waals surface area contributed by atoms with Crippen LogP contribution in [0.15, 0.2) is 218 Å². The van der Waals surface area contributed by atoms with E-state index in [1.807, 2.05) is 182 Å². The van der Waals surface area contributed by atoms with Gasteiger partial charge in [0, 0.05) is 132 Å². The van der Waals surface area contributed by atoms with Crippen molar-refractivity contribution in [2.45, 2.75) is 77.0 Å². The summed E-state index contributed by atoms with van der Waals surface area (Å²) < 4.78 is 29.7. The van der Waals surface area contributed by atoms with Crippen molar-refractivity contribution in [1.82, 2.24) is 0 Å². The molecule has 101 heavy (non-hydrogen) atoms. The van der Waals surface area contributed by atoms with Crippen molar-refractivity contribution in [3.63, 3.8) is 0 Å². The molecule has 12 aromatic carbocycles. The van der Waals surface area contributed by atoms with Gasteiger partial charge in [0.2, 0.25) is 0 Å². The Morgan fingerprint density at radius 3 is 0.515 bits per heavy atom. The van der Waals surface area contributed by atoms with Crippen LogP contribution in [0, 0.1) is 35.6 Å². The molecule has 18 rings (SSSR count). The minimum Gasteiger partial charge on any atom is -0.872 e. The Hall–Kier alpha value is -5.09. The van der Waals surface area contributed by atoms with E-state index in [0.717, 1.165) is 144 Å². The fraction of sp³-hybridized carbons (Fsp3) is 0.286. The van der Waals surface area contributed by atoms with E-state index in [-0.39, 0.29) is 164 Å². The van der Waals surface area contributed by atoms with Crippen molar-refractivity contribution in [2.24, 2.45) is 0 Å². The summed E-state index contributed by atoms with van der Waals surface area (Å²) >= 11 is 0. The van der Waals surface area contributed by atoms with Gasteiger partial charge in [0.1, 0.15) is 17.2 Å². The molecule has 0 unspecified atom stereocenters. The van der Waals surface area contributed by atoms with E-state index in [0.29, 0.717) is 33.4 Å². The van der Waals surface area contributed by atoms with Gasteiger partial charge < -0.3 is 64.5 Å². The fourth-order valence-electron chi connectivity index (χ4n) is 12.2. The predicted octanol–water partition coefficient (Wildman–Crippen LogP) is 8.29. The molecule has 0 atom stereocenters. The Morgan fingerprint density at radius 1 is 0.208 bits per heavy atom. The van der Waals surface area contributed by atoms with Gasteiger partial charge in [0.25, 0.3) is 0 Å². The maximum atomic E-state index is 12.5. The van der Waals surface area contributed by atoms with Gasteiger partial charge in [-0.05, 0) is 177 Å². The van der Waals surface area contributed by atoms with Gasteiger partial charge >= 0.3 is 88.7 Å². The smallest absolute Gasteiger partial charge is 0.872 e. The molecule has 12 aromatic rings. The Morgan fingerprint density at radius 2 is 0.356 bits per heavy atom. The van der Waals surface area contributed by atoms with Gasteiger partial charge in [0.15, 0.2) is 0 Å². The maximum Gasteiger partial charge on any atom is 1.00 e. The molecular formula is C84H89LaNa3O13. The van der Waals surface area contributed by atoms with Crippen molar-refractivity contribution in [1.29, 1.82) is 0 Å². The second-order valence-corrected chi connectivity index (χ2v) is 23.9. The molecule has 0 bridgehead atoms. The third-order valence-electron chi connectivity index (χ3n) is 17.1. The van der Waals surface area contributed by atoms with Crippen molar-refractivity contribution in [3.05, 3.63) is 218 Å². The summed E-state index contributed by atoms with van der Waals surface area (Å²) in [4.78, 5) is 0. The molecule has 13 nitrogen and oxygen atoms in total. The molecule has 509 valence electrons. The Balaban J connectivity index is 0.000000221. The van der Waals surface area contributed by atoms with Gasteiger partial charge in [-0.15, -0.1) is 17.2 Å². The van der Waals surface area contributed by atoms with Gasteiger partial charge in [-0.2, -0.15) is 0 Å². The van der Waals surface area contributed by atoms with Gasteiger partial charge in [-0.3, -0.25) is 0 Å². The van der Waals surface area contributed by atoms with Crippen LogP contribution in [0.3, 0.4) is 0 Å². The quantitative estimate of drug-likeness (QED) is 0.143. The molecule has 6 saturated heterocycles. The average molecular weight is 1510 g/mol. The van der Waals surface area contributed by atoms with E-state index < -0.39 is 0 Å². The molecule has 6 fully saturated rings. The van der Waals surface area contributed by atoms with E-state index in [4.69, 9.17) is 28.4 Å². The van der Waals surface area contributed by atoms with Crippen LogP contribution in [-0.2, 0) is 28.4 Å². The van der Waals surface area contributed by atoms with Crippen LogP contribution >= 0.6 is 0 Å². The molecule has 0 saturated carbocycles. The largest absolute Gasteiger partial charge is 1.00 e. The first-order chi connectivity index (χ1) is 47.3. The molecule has 6 heterocycles. The Kier molecular flexibility index (Phi) is 40.6. The van der Waals surface area contributed by atoms with Gasteiger partial charge in [-0.25, -0.2) is 0 Å². The number of benzene rings is 12. The van der Waals surface area contributed by atoms with E-state index >= 15 is 0 Å². The first-order valence-electron chi connectivity index (χ1n) is 33.9. The number of aromatic hydroxyl groups is 3. The second-order valence-electron chi connectivity index (χ2n) is 23.9. The van der Waals surface area contributed by atoms with Crippen molar-refractivity contribution in [3.8, 4) is 67.9 Å². The maximum absolute atomic E-state index is 12.5. The summed E-state index contributed by atoms with van der Waals surface area (Å²) in [6, 6.07) is 67.3. The van der Waals surface area contributed by atoms with Crippen LogP contribution in [0.5, 0.6) is 34.5 Å². The summed E-state index contributed by atoms with van der Waals surface area (Å²) in [5.74, 6) is 0.160. The zero-order valence-corrected chi connectivity index (χ0v) is 68.5. The van der Waals surface area contributed by atoms with Crippen LogP contribution < -0.4 is 104 Å². The standard InChI is InChI=1S/3C20H14O2.6C4H8O.La.3Na.H2O/c3*21-17-11-9-13-5-1-3-7-15(13)19(17)20-16-8-4-2-6-14(16)10-12-18(20)22;6*1-2-4-5-3-1;;;;;/h3*1-12,21-22H;6*1-4H2;;;;;1H2/q;;;;;;;;;;3*+1;/p-3. The van der Waals surface area contributed by atoms with Crippen molar-refractivity contribution < 1.29 is 189 Å². The minimum atomic E-state index is -0.0784. The van der Waals surface area contributed by atoms with E-state index in [9.17, 15) is 30.6 Å². The number of hydrogen-bond donors (Lipinski definition) is 3. The summed E-state index contributed by atoms with van der Waals surface area (Å²) in [6.07, 6.45) is 15.3. The third kappa shape index (κ3) is 25.0. The molecule has 0 aromatic heterocycles. The zero-order valence-electron chi connectivity index (χ0n) is 58.8. The number of hydrogen-bond acceptors (Lipinski definition) is 12. The normalized spacial score (nSPS) is 14.4. The molecule has 6 aliphatic rings. The Labute approximate surface area is 688 Å². The molecular weight excluding hydrogens is 1420 g/mol. The summed E-state index contributed by atoms with van der Waals surface area (Å²) in [5, 5.41) is 80.0. The zero-order chi connectivity index (χ0) is 66.5. The van der Waals surface area contributed by atoms with Crippen molar-refractivity contribution in [2.75, 3.05) is 79.3 Å². The van der Waals surface area contributed by atoms with Crippen LogP contribution in [0.2, 0.25) is 0 Å². The molecule has 0 aliphatic carbocycles. The van der Waals surface area contributed by atoms with E-state index in [1.54, 1.807) is 36.4 Å². The predicted molar refractivity (Wildman–Crippen MR) is 388 cm³/mol. The molecule has 0 spiro atoms. The van der Waals surface area contributed by atoms with Crippen LogP contribution in [0.4, 0.5) is 0 Å². The van der Waals surface area contributed by atoms with Gasteiger partial charge in [0.05, 0.1) is 0 Å². The first kappa shape index (κ1) is 86.6. The number of rotatable bonds is 3. The molecule has 5 N–H and O–H groups in total. The van der Waals surface area contributed by atoms with Crippen LogP contribution in [0.1, 0.15) is 77.0 Å². The SMILES string of the molecule is C1CCOC1.C1CCOC1.C1CCOC1.C1CCOC1.C1CCOC1.C1CCOC1.O.[La].[Na+].[Na+].[Na+].[O-]c1ccc2ccccc2c1-c1c(O)ccc2ccccc12.[O-]c1ccc2ccccc2c1-c1c(O)ccc2ccccc12.[O-]c1ccc2ccccc2c1-c1c(O)ccc2ccccc12. The van der Waals surface area contributed by atoms with E-state index in [2.05, 4.69) is 0 Å². The molecule has 1 radical (unpaired) electrons. The second kappa shape index (κ2) is 47.4. The third-order valence-corrected chi connectivity index (χ3v) is 17.1. The fourth-order valence-corrected chi connectivity index (χ4v) is 12.2. The summed E-state index contributed by atoms with van der Waals surface area (Å²) in [7, 11) is 0. The van der Waals surface area contributed by atoms with Crippen molar-refractivity contribution >= 4 is 64.6 Å².